The van der Waals surface area contributed by atoms with Crippen LogP contribution in [0.25, 0.3) is 0 Å². The first-order valence-corrected chi connectivity index (χ1v) is 16.3. The van der Waals surface area contributed by atoms with Gasteiger partial charge in [0.25, 0.3) is 0 Å². The SMILES string of the molecule is C[Si](C)(c1ccccc1)N(S(=O)(=O)c1ccc(Br)cc1)S(=O)(=O)c1ccc(Br)cc1. The maximum Gasteiger partial charge on any atom is 0.250 e. The van der Waals surface area contributed by atoms with Crippen LogP contribution < -0.4 is 5.19 Å². The van der Waals surface area contributed by atoms with E-state index in [0.717, 1.165) is 3.38 Å². The molecule has 3 aromatic rings. The molecule has 0 aliphatic heterocycles. The molecule has 0 aliphatic carbocycles. The van der Waals surface area contributed by atoms with Gasteiger partial charge in [0.1, 0.15) is 0 Å². The van der Waals surface area contributed by atoms with Gasteiger partial charge in [0.05, 0.1) is 9.79 Å². The molecule has 3 aromatic carbocycles. The molecule has 0 bridgehead atoms. The lowest BCUT2D eigenvalue weighted by Gasteiger charge is -2.35. The molecule has 0 radical (unpaired) electrons. The van der Waals surface area contributed by atoms with Gasteiger partial charge in [0.2, 0.25) is 20.0 Å². The van der Waals surface area contributed by atoms with Gasteiger partial charge < -0.3 is 0 Å². The van der Waals surface area contributed by atoms with Gasteiger partial charge in [-0.15, -0.1) is 3.38 Å². The van der Waals surface area contributed by atoms with Crippen molar-refractivity contribution in [3.63, 3.8) is 0 Å². The summed E-state index contributed by atoms with van der Waals surface area (Å²) in [6.45, 7) is 3.43. The fraction of sp³-hybridized carbons (Fsp3) is 0.100. The quantitative estimate of drug-likeness (QED) is 0.391. The van der Waals surface area contributed by atoms with E-state index in [1.165, 1.54) is 24.3 Å². The number of sulfonamides is 2. The molecule has 0 atom stereocenters. The van der Waals surface area contributed by atoms with Crippen LogP contribution in [0.1, 0.15) is 0 Å². The zero-order valence-corrected chi connectivity index (χ0v) is 22.0. The molecule has 0 heterocycles. The molecule has 0 unspecified atom stereocenters. The Balaban J connectivity index is 2.29. The lowest BCUT2D eigenvalue weighted by molar-refractivity contribution is 0.547. The standard InChI is InChI=1S/C20H19Br2NO4S2Si/c1-30(2,20-6-4-3-5-7-20)23(28(24,25)18-12-8-16(21)9-13-18)29(26,27)19-14-10-17(22)11-15-19/h3-15H,1-2H3. The third-order valence-electron chi connectivity index (χ3n) is 4.60. The monoisotopic (exact) mass is 587 g/mol. The average Bonchev–Trinajstić information content (AvgIpc) is 2.68. The number of hydrogen-bond donors (Lipinski definition) is 0. The highest BCUT2D eigenvalue weighted by Gasteiger charge is 2.49. The lowest BCUT2D eigenvalue weighted by atomic mass is 10.4. The van der Waals surface area contributed by atoms with Crippen LogP contribution in [0.3, 0.4) is 0 Å². The predicted molar refractivity (Wildman–Crippen MR) is 128 cm³/mol. The van der Waals surface area contributed by atoms with E-state index in [2.05, 4.69) is 31.9 Å². The maximum absolute atomic E-state index is 13.7. The highest BCUT2D eigenvalue weighted by atomic mass is 79.9. The summed E-state index contributed by atoms with van der Waals surface area (Å²) < 4.78 is 57.0. The predicted octanol–water partition coefficient (Wildman–Crippen LogP) is 4.70. The minimum Gasteiger partial charge on any atom is -0.207 e. The molecular weight excluding hydrogens is 570 g/mol. The Bertz CT molecular complexity index is 1170. The first kappa shape index (κ1) is 23.4. The summed E-state index contributed by atoms with van der Waals surface area (Å²) in [4.78, 5) is -0.161. The summed E-state index contributed by atoms with van der Waals surface area (Å²) in [7, 11) is -12.0. The molecule has 0 amide bonds. The smallest absolute Gasteiger partial charge is 0.207 e. The highest BCUT2D eigenvalue weighted by Crippen LogP contribution is 2.31. The van der Waals surface area contributed by atoms with E-state index >= 15 is 0 Å². The Kier molecular flexibility index (Phi) is 6.76. The normalized spacial score (nSPS) is 12.8. The summed E-state index contributed by atoms with van der Waals surface area (Å²) in [5, 5.41) is 0.686. The molecule has 0 fully saturated rings. The Morgan fingerprint density at radius 3 is 1.37 bits per heavy atom. The van der Waals surface area contributed by atoms with Crippen molar-refractivity contribution in [3.05, 3.63) is 87.8 Å². The van der Waals surface area contributed by atoms with Gasteiger partial charge in [-0.05, 0) is 53.7 Å². The van der Waals surface area contributed by atoms with E-state index in [4.69, 9.17) is 0 Å². The van der Waals surface area contributed by atoms with Gasteiger partial charge >= 0.3 is 0 Å². The molecule has 0 spiro atoms. The van der Waals surface area contributed by atoms with Gasteiger partial charge in [0, 0.05) is 8.95 Å². The summed E-state index contributed by atoms with van der Waals surface area (Å²) >= 11 is 6.57. The first-order chi connectivity index (χ1) is 14.0. The molecule has 30 heavy (non-hydrogen) atoms. The highest BCUT2D eigenvalue weighted by molar-refractivity contribution is 9.10. The third kappa shape index (κ3) is 4.48. The van der Waals surface area contributed by atoms with E-state index in [0.29, 0.717) is 14.1 Å². The largest absolute Gasteiger partial charge is 0.250 e. The van der Waals surface area contributed by atoms with Crippen molar-refractivity contribution < 1.29 is 16.8 Å². The minimum absolute atomic E-state index is 0.0807. The maximum atomic E-state index is 13.7. The van der Waals surface area contributed by atoms with Gasteiger partial charge in [-0.3, -0.25) is 0 Å². The van der Waals surface area contributed by atoms with E-state index < -0.39 is 28.3 Å². The van der Waals surface area contributed by atoms with Crippen LogP contribution in [0, 0.1) is 0 Å². The van der Waals surface area contributed by atoms with Gasteiger partial charge in [-0.2, -0.15) is 0 Å². The van der Waals surface area contributed by atoms with Crippen LogP contribution in [-0.2, 0) is 20.0 Å². The van der Waals surface area contributed by atoms with Crippen LogP contribution in [0.2, 0.25) is 13.1 Å². The van der Waals surface area contributed by atoms with E-state index in [1.807, 2.05) is 6.07 Å². The Morgan fingerprint density at radius 2 is 1.00 bits per heavy atom. The van der Waals surface area contributed by atoms with Crippen molar-refractivity contribution in [2.45, 2.75) is 22.9 Å². The zero-order valence-electron chi connectivity index (χ0n) is 16.2. The molecule has 0 N–H and O–H groups in total. The van der Waals surface area contributed by atoms with Crippen LogP contribution in [0.5, 0.6) is 0 Å². The number of halogens is 2. The molecular formula is C20H19Br2NO4S2Si. The van der Waals surface area contributed by atoms with Crippen molar-refractivity contribution in [1.29, 1.82) is 0 Å². The van der Waals surface area contributed by atoms with Crippen LogP contribution >= 0.6 is 31.9 Å². The molecule has 0 saturated heterocycles. The Labute approximate surface area is 195 Å². The van der Waals surface area contributed by atoms with Gasteiger partial charge in [-0.25, -0.2) is 16.8 Å². The second-order valence-corrected chi connectivity index (χ2v) is 17.5. The second kappa shape index (κ2) is 8.68. The summed E-state index contributed by atoms with van der Waals surface area (Å²) in [6, 6.07) is 20.8. The van der Waals surface area contributed by atoms with E-state index in [1.54, 1.807) is 61.6 Å². The molecule has 0 saturated carbocycles. The number of hydrogen-bond acceptors (Lipinski definition) is 4. The van der Waals surface area contributed by atoms with Crippen LogP contribution in [0.15, 0.2) is 97.6 Å². The van der Waals surface area contributed by atoms with E-state index in [-0.39, 0.29) is 9.79 Å². The van der Waals surface area contributed by atoms with Crippen molar-refractivity contribution in [2.75, 3.05) is 0 Å². The van der Waals surface area contributed by atoms with Crippen molar-refractivity contribution >= 4 is 65.3 Å². The number of rotatable bonds is 6. The average molecular weight is 589 g/mol. The first-order valence-electron chi connectivity index (χ1n) is 8.85. The number of nitrogens with zero attached hydrogens (tertiary/aromatic N) is 1. The van der Waals surface area contributed by atoms with Gasteiger partial charge in [-0.1, -0.05) is 75.3 Å². The number of benzene rings is 3. The second-order valence-electron chi connectivity index (χ2n) is 7.04. The lowest BCUT2D eigenvalue weighted by Crippen LogP contribution is -2.61. The minimum atomic E-state index is -4.37. The molecule has 158 valence electrons. The fourth-order valence-electron chi connectivity index (χ4n) is 3.09. The molecule has 10 heteroatoms. The third-order valence-corrected chi connectivity index (χ3v) is 16.3. The topological polar surface area (TPSA) is 71.5 Å². The van der Waals surface area contributed by atoms with Crippen molar-refractivity contribution in [3.8, 4) is 0 Å². The molecule has 0 aromatic heterocycles. The zero-order chi connectivity index (χ0) is 22.2. The van der Waals surface area contributed by atoms with Crippen LogP contribution in [-0.4, -0.2) is 28.4 Å². The Hall–Kier alpha value is -1.30. The summed E-state index contributed by atoms with van der Waals surface area (Å²) in [5.74, 6) is 0. The van der Waals surface area contributed by atoms with Crippen LogP contribution in [0.4, 0.5) is 0 Å². The summed E-state index contributed by atoms with van der Waals surface area (Å²) in [5.41, 5.74) is 0. The molecule has 0 aliphatic rings. The molecule has 3 rings (SSSR count). The van der Waals surface area contributed by atoms with Crippen molar-refractivity contribution in [2.24, 2.45) is 0 Å². The van der Waals surface area contributed by atoms with Crippen molar-refractivity contribution in [1.82, 2.24) is 3.38 Å². The summed E-state index contributed by atoms with van der Waals surface area (Å²) in [6.07, 6.45) is 0. The molecule has 5 nitrogen and oxygen atoms in total. The van der Waals surface area contributed by atoms with Gasteiger partial charge in [0.15, 0.2) is 8.24 Å². The van der Waals surface area contributed by atoms with E-state index in [9.17, 15) is 16.8 Å². The Morgan fingerprint density at radius 1 is 0.633 bits per heavy atom. The fourth-order valence-corrected chi connectivity index (χ4v) is 13.8.